The molecule has 0 aliphatic heterocycles. The summed E-state index contributed by atoms with van der Waals surface area (Å²) < 4.78 is 35.9. The highest BCUT2D eigenvalue weighted by atomic mass is 79.9. The van der Waals surface area contributed by atoms with Crippen LogP contribution in [0, 0.1) is 0 Å². The van der Waals surface area contributed by atoms with E-state index in [1.54, 1.807) is 0 Å². The predicted octanol–water partition coefficient (Wildman–Crippen LogP) is 2.77. The summed E-state index contributed by atoms with van der Waals surface area (Å²) in [7, 11) is 0. The molecule has 0 atom stereocenters. The minimum atomic E-state index is -2.37. The van der Waals surface area contributed by atoms with E-state index in [1.807, 2.05) is 0 Å². The molecule has 12 heavy (non-hydrogen) atoms. The summed E-state index contributed by atoms with van der Waals surface area (Å²) in [4.78, 5) is 6.96. The molecule has 0 saturated carbocycles. The molecule has 1 heterocycles. The predicted molar refractivity (Wildman–Crippen MR) is 40.0 cm³/mol. The van der Waals surface area contributed by atoms with Crippen molar-refractivity contribution in [3.63, 3.8) is 0 Å². The maximum Gasteiger partial charge on any atom is 0.306 e. The zero-order valence-electron chi connectivity index (χ0n) is 5.56. The van der Waals surface area contributed by atoms with Crippen LogP contribution in [0.3, 0.4) is 0 Å². The van der Waals surface area contributed by atoms with Gasteiger partial charge in [-0.05, 0) is 15.9 Å². The van der Waals surface area contributed by atoms with Crippen LogP contribution < -0.4 is 0 Å². The molecule has 0 bridgehead atoms. The highest BCUT2D eigenvalue weighted by Crippen LogP contribution is 2.20. The number of hydrogen-bond donors (Lipinski definition) is 0. The van der Waals surface area contributed by atoms with Gasteiger partial charge in [0.2, 0.25) is 0 Å². The van der Waals surface area contributed by atoms with Crippen LogP contribution in [0.5, 0.6) is 0 Å². The molecule has 2 nitrogen and oxygen atoms in total. The van der Waals surface area contributed by atoms with Crippen molar-refractivity contribution in [2.75, 3.05) is 0 Å². The molecule has 0 aromatic carbocycles. The lowest BCUT2D eigenvalue weighted by Gasteiger charge is -1.94. The van der Waals surface area contributed by atoms with E-state index < -0.39 is 11.9 Å². The SMILES string of the molecule is FC(F)=C(F)c1cnc(Br)nc1. The summed E-state index contributed by atoms with van der Waals surface area (Å²) in [6.07, 6.45) is -0.446. The fourth-order valence-electron chi connectivity index (χ4n) is 0.535. The molecule has 0 amide bonds. The Morgan fingerprint density at radius 2 is 1.67 bits per heavy atom. The van der Waals surface area contributed by atoms with Gasteiger partial charge in [0.25, 0.3) is 0 Å². The molecule has 1 aromatic heterocycles. The van der Waals surface area contributed by atoms with Gasteiger partial charge >= 0.3 is 6.08 Å². The van der Waals surface area contributed by atoms with Crippen LogP contribution in [0.4, 0.5) is 13.2 Å². The standard InChI is InChI=1S/C6H2BrF3N2/c7-6-11-1-3(2-12-6)4(8)5(9)10/h1-2H. The Hall–Kier alpha value is -0.910. The summed E-state index contributed by atoms with van der Waals surface area (Å²) in [5.74, 6) is -1.59. The van der Waals surface area contributed by atoms with Crippen LogP contribution in [0.1, 0.15) is 5.56 Å². The van der Waals surface area contributed by atoms with Crippen molar-refractivity contribution < 1.29 is 13.2 Å². The molecule has 0 saturated heterocycles. The Balaban J connectivity index is 3.06. The van der Waals surface area contributed by atoms with Gasteiger partial charge in [-0.3, -0.25) is 0 Å². The highest BCUT2D eigenvalue weighted by Gasteiger charge is 2.08. The minimum absolute atomic E-state index is 0.221. The van der Waals surface area contributed by atoms with Gasteiger partial charge in [-0.1, -0.05) is 0 Å². The number of hydrogen-bond acceptors (Lipinski definition) is 2. The topological polar surface area (TPSA) is 25.8 Å². The second-order valence-electron chi connectivity index (χ2n) is 1.82. The maximum absolute atomic E-state index is 12.4. The average molecular weight is 239 g/mol. The summed E-state index contributed by atoms with van der Waals surface area (Å²) in [6, 6.07) is 0. The van der Waals surface area contributed by atoms with Gasteiger partial charge < -0.3 is 0 Å². The van der Waals surface area contributed by atoms with Gasteiger partial charge in [0.15, 0.2) is 10.6 Å². The van der Waals surface area contributed by atoms with Crippen molar-refractivity contribution in [2.45, 2.75) is 0 Å². The number of aromatic nitrogens is 2. The molecule has 0 aliphatic carbocycles. The van der Waals surface area contributed by atoms with Gasteiger partial charge in [-0.2, -0.15) is 8.78 Å². The van der Waals surface area contributed by atoms with E-state index >= 15 is 0 Å². The lowest BCUT2D eigenvalue weighted by atomic mass is 10.3. The molecule has 0 spiro atoms. The Morgan fingerprint density at radius 3 is 2.08 bits per heavy atom. The fraction of sp³-hybridized carbons (Fsp3) is 0. The first-order chi connectivity index (χ1) is 5.61. The molecular formula is C6H2BrF3N2. The van der Waals surface area contributed by atoms with Crippen LogP contribution in [0.15, 0.2) is 23.2 Å². The lowest BCUT2D eigenvalue weighted by Crippen LogP contribution is -1.86. The first kappa shape index (κ1) is 9.18. The van der Waals surface area contributed by atoms with E-state index in [0.717, 1.165) is 12.4 Å². The van der Waals surface area contributed by atoms with Crippen LogP contribution >= 0.6 is 15.9 Å². The van der Waals surface area contributed by atoms with Gasteiger partial charge in [0.1, 0.15) is 0 Å². The minimum Gasteiger partial charge on any atom is -0.230 e. The fourth-order valence-corrected chi connectivity index (χ4v) is 0.739. The van der Waals surface area contributed by atoms with Crippen molar-refractivity contribution in [2.24, 2.45) is 0 Å². The summed E-state index contributed by atoms with van der Waals surface area (Å²) in [6.45, 7) is 0. The first-order valence-corrected chi connectivity index (χ1v) is 3.59. The Morgan fingerprint density at radius 1 is 1.17 bits per heavy atom. The Bertz CT molecular complexity index is 305. The van der Waals surface area contributed by atoms with Crippen LogP contribution in [-0.4, -0.2) is 9.97 Å². The van der Waals surface area contributed by atoms with E-state index in [9.17, 15) is 13.2 Å². The third kappa shape index (κ3) is 2.04. The number of halogens is 4. The van der Waals surface area contributed by atoms with Crippen molar-refractivity contribution in [1.29, 1.82) is 0 Å². The molecule has 1 aromatic rings. The third-order valence-corrected chi connectivity index (χ3v) is 1.45. The van der Waals surface area contributed by atoms with Gasteiger partial charge in [0.05, 0.1) is 5.56 Å². The largest absolute Gasteiger partial charge is 0.306 e. The number of nitrogens with zero attached hydrogens (tertiary/aromatic N) is 2. The molecular weight excluding hydrogens is 237 g/mol. The molecule has 0 aliphatic rings. The van der Waals surface area contributed by atoms with Crippen molar-refractivity contribution >= 4 is 21.8 Å². The average Bonchev–Trinajstić information content (AvgIpc) is 2.04. The third-order valence-electron chi connectivity index (χ3n) is 1.04. The number of rotatable bonds is 1. The normalized spacial score (nSPS) is 9.67. The molecule has 0 N–H and O–H groups in total. The van der Waals surface area contributed by atoms with Gasteiger partial charge in [-0.25, -0.2) is 14.4 Å². The van der Waals surface area contributed by atoms with Crippen molar-refractivity contribution in [3.05, 3.63) is 28.8 Å². The van der Waals surface area contributed by atoms with Crippen molar-refractivity contribution in [1.82, 2.24) is 9.97 Å². The zero-order valence-corrected chi connectivity index (χ0v) is 7.15. The highest BCUT2D eigenvalue weighted by molar-refractivity contribution is 9.10. The zero-order chi connectivity index (χ0) is 9.14. The van der Waals surface area contributed by atoms with Crippen LogP contribution in [0.25, 0.3) is 5.83 Å². The molecule has 1 rings (SSSR count). The van der Waals surface area contributed by atoms with Crippen LogP contribution in [-0.2, 0) is 0 Å². The molecule has 64 valence electrons. The smallest absolute Gasteiger partial charge is 0.230 e. The van der Waals surface area contributed by atoms with E-state index in [2.05, 4.69) is 25.9 Å². The summed E-state index contributed by atoms with van der Waals surface area (Å²) >= 11 is 2.88. The van der Waals surface area contributed by atoms with Crippen molar-refractivity contribution in [3.8, 4) is 0 Å². The van der Waals surface area contributed by atoms with Gasteiger partial charge in [0, 0.05) is 12.4 Å². The van der Waals surface area contributed by atoms with E-state index in [4.69, 9.17) is 0 Å². The summed E-state index contributed by atoms with van der Waals surface area (Å²) in [5, 5.41) is 0. The molecule has 0 fully saturated rings. The Labute approximate surface area is 74.3 Å². The summed E-state index contributed by atoms with van der Waals surface area (Å²) in [5.41, 5.74) is -0.335. The van der Waals surface area contributed by atoms with Crippen LogP contribution in [0.2, 0.25) is 0 Å². The molecule has 0 radical (unpaired) electrons. The second-order valence-corrected chi connectivity index (χ2v) is 2.52. The van der Waals surface area contributed by atoms with E-state index in [-0.39, 0.29) is 10.3 Å². The maximum atomic E-state index is 12.4. The Kier molecular flexibility index (Phi) is 2.80. The van der Waals surface area contributed by atoms with Gasteiger partial charge in [-0.15, -0.1) is 0 Å². The lowest BCUT2D eigenvalue weighted by molar-refractivity contribution is 0.410. The molecule has 0 unspecified atom stereocenters. The van der Waals surface area contributed by atoms with E-state index in [1.165, 1.54) is 0 Å². The van der Waals surface area contributed by atoms with E-state index in [0.29, 0.717) is 0 Å². The second kappa shape index (κ2) is 3.66. The first-order valence-electron chi connectivity index (χ1n) is 2.80. The monoisotopic (exact) mass is 238 g/mol. The molecule has 6 heteroatoms. The quantitative estimate of drug-likeness (QED) is 0.704.